The van der Waals surface area contributed by atoms with Crippen molar-refractivity contribution >= 4 is 6.29 Å². The topological polar surface area (TPSA) is 60.7 Å². The summed E-state index contributed by atoms with van der Waals surface area (Å²) in [6.45, 7) is 1.48. The number of halogens is 2. The van der Waals surface area contributed by atoms with Crippen LogP contribution in [0.1, 0.15) is 28.2 Å². The van der Waals surface area contributed by atoms with E-state index in [0.717, 1.165) is 4.57 Å². The van der Waals surface area contributed by atoms with Gasteiger partial charge in [0, 0.05) is 12.4 Å². The molecule has 5 nitrogen and oxygen atoms in total. The van der Waals surface area contributed by atoms with Gasteiger partial charge >= 0.3 is 0 Å². The summed E-state index contributed by atoms with van der Waals surface area (Å²) in [4.78, 5) is 21.9. The summed E-state index contributed by atoms with van der Waals surface area (Å²) in [5, 5.41) is 0. The molecular formula is C10H8F2N4O. The Labute approximate surface area is 95.2 Å². The van der Waals surface area contributed by atoms with Crippen LogP contribution < -0.4 is 0 Å². The van der Waals surface area contributed by atoms with Crippen LogP contribution in [0.2, 0.25) is 0 Å². The SMILES string of the molecule is Cc1ncn(-c2ncc(C=O)cn2)c1C(F)F. The summed E-state index contributed by atoms with van der Waals surface area (Å²) in [6, 6.07) is 0. The van der Waals surface area contributed by atoms with Gasteiger partial charge < -0.3 is 0 Å². The Morgan fingerprint density at radius 1 is 1.29 bits per heavy atom. The molecule has 2 aromatic rings. The minimum atomic E-state index is -2.66. The van der Waals surface area contributed by atoms with Gasteiger partial charge in [-0.1, -0.05) is 0 Å². The van der Waals surface area contributed by atoms with E-state index in [9.17, 15) is 13.6 Å². The lowest BCUT2D eigenvalue weighted by Crippen LogP contribution is -2.05. The maximum Gasteiger partial charge on any atom is 0.280 e. The highest BCUT2D eigenvalue weighted by atomic mass is 19.3. The number of nitrogens with zero attached hydrogens (tertiary/aromatic N) is 4. The molecule has 0 saturated heterocycles. The van der Waals surface area contributed by atoms with Crippen LogP contribution in [-0.4, -0.2) is 25.8 Å². The van der Waals surface area contributed by atoms with Crippen LogP contribution in [0.5, 0.6) is 0 Å². The fraction of sp³-hybridized carbons (Fsp3) is 0.200. The van der Waals surface area contributed by atoms with Gasteiger partial charge in [-0.3, -0.25) is 9.36 Å². The van der Waals surface area contributed by atoms with Crippen LogP contribution in [0.25, 0.3) is 5.95 Å². The molecule has 17 heavy (non-hydrogen) atoms. The molecule has 2 rings (SSSR count). The molecule has 2 heterocycles. The van der Waals surface area contributed by atoms with Crippen molar-refractivity contribution in [2.45, 2.75) is 13.3 Å². The Bertz CT molecular complexity index is 536. The number of aldehydes is 1. The van der Waals surface area contributed by atoms with E-state index in [-0.39, 0.29) is 22.9 Å². The number of imidazole rings is 1. The van der Waals surface area contributed by atoms with Gasteiger partial charge in [-0.25, -0.2) is 23.7 Å². The number of hydrogen-bond acceptors (Lipinski definition) is 4. The van der Waals surface area contributed by atoms with Crippen LogP contribution in [0.4, 0.5) is 8.78 Å². The maximum absolute atomic E-state index is 12.8. The van der Waals surface area contributed by atoms with Crippen molar-refractivity contribution in [2.75, 3.05) is 0 Å². The number of aromatic nitrogens is 4. The molecule has 0 bridgehead atoms. The third-order valence-corrected chi connectivity index (χ3v) is 2.21. The summed E-state index contributed by atoms with van der Waals surface area (Å²) in [5.74, 6) is 0.0616. The van der Waals surface area contributed by atoms with Crippen molar-refractivity contribution in [3.63, 3.8) is 0 Å². The summed E-state index contributed by atoms with van der Waals surface area (Å²) in [5.41, 5.74) is 0.260. The molecule has 0 N–H and O–H groups in total. The normalized spacial score (nSPS) is 10.8. The van der Waals surface area contributed by atoms with E-state index in [4.69, 9.17) is 0 Å². The van der Waals surface area contributed by atoms with Crippen molar-refractivity contribution < 1.29 is 13.6 Å². The van der Waals surface area contributed by atoms with E-state index < -0.39 is 6.43 Å². The lowest BCUT2D eigenvalue weighted by Gasteiger charge is -2.05. The number of aryl methyl sites for hydroxylation is 1. The third-order valence-electron chi connectivity index (χ3n) is 2.21. The second-order valence-corrected chi connectivity index (χ2v) is 3.32. The Balaban J connectivity index is 2.48. The highest BCUT2D eigenvalue weighted by Crippen LogP contribution is 2.23. The Morgan fingerprint density at radius 2 is 1.94 bits per heavy atom. The Morgan fingerprint density at radius 3 is 2.47 bits per heavy atom. The molecule has 0 radical (unpaired) electrons. The fourth-order valence-corrected chi connectivity index (χ4v) is 1.39. The predicted molar refractivity (Wildman–Crippen MR) is 54.2 cm³/mol. The Kier molecular flexibility index (Phi) is 2.90. The molecule has 0 spiro atoms. The van der Waals surface area contributed by atoms with E-state index in [1.54, 1.807) is 0 Å². The molecule has 0 atom stereocenters. The third kappa shape index (κ3) is 2.03. The minimum Gasteiger partial charge on any atom is -0.298 e. The zero-order valence-corrected chi connectivity index (χ0v) is 8.84. The standard InChI is InChI=1S/C10H8F2N4O/c1-6-8(9(11)12)16(5-15-6)10-13-2-7(4-17)3-14-10/h2-5,9H,1H3. The fourth-order valence-electron chi connectivity index (χ4n) is 1.39. The summed E-state index contributed by atoms with van der Waals surface area (Å²) in [7, 11) is 0. The molecule has 0 aliphatic carbocycles. The van der Waals surface area contributed by atoms with Crippen LogP contribution in [0.15, 0.2) is 18.7 Å². The molecule has 0 aromatic carbocycles. The van der Waals surface area contributed by atoms with Crippen molar-refractivity contribution in [3.8, 4) is 5.95 Å². The zero-order chi connectivity index (χ0) is 12.4. The smallest absolute Gasteiger partial charge is 0.280 e. The molecule has 2 aromatic heterocycles. The molecular weight excluding hydrogens is 230 g/mol. The number of hydrogen-bond donors (Lipinski definition) is 0. The van der Waals surface area contributed by atoms with Crippen LogP contribution in [-0.2, 0) is 0 Å². The summed E-state index contributed by atoms with van der Waals surface area (Å²) >= 11 is 0. The van der Waals surface area contributed by atoms with Crippen LogP contribution in [0, 0.1) is 6.92 Å². The lowest BCUT2D eigenvalue weighted by atomic mass is 10.3. The van der Waals surface area contributed by atoms with Crippen LogP contribution in [0.3, 0.4) is 0 Å². The van der Waals surface area contributed by atoms with Gasteiger partial charge in [0.2, 0.25) is 5.95 Å². The second-order valence-electron chi connectivity index (χ2n) is 3.32. The predicted octanol–water partition coefficient (Wildman–Crippen LogP) is 1.72. The van der Waals surface area contributed by atoms with Gasteiger partial charge in [-0.15, -0.1) is 0 Å². The summed E-state index contributed by atoms with van der Waals surface area (Å²) in [6.07, 6.45) is 1.68. The van der Waals surface area contributed by atoms with E-state index in [0.29, 0.717) is 6.29 Å². The molecule has 88 valence electrons. The first-order chi connectivity index (χ1) is 8.13. The summed E-state index contributed by atoms with van der Waals surface area (Å²) < 4.78 is 26.7. The minimum absolute atomic E-state index is 0.0616. The molecule has 0 saturated carbocycles. The van der Waals surface area contributed by atoms with Gasteiger partial charge in [-0.2, -0.15) is 0 Å². The van der Waals surface area contributed by atoms with Crippen molar-refractivity contribution in [3.05, 3.63) is 35.7 Å². The van der Waals surface area contributed by atoms with Gasteiger partial charge in [0.05, 0.1) is 11.3 Å². The van der Waals surface area contributed by atoms with Gasteiger partial charge in [0.25, 0.3) is 6.43 Å². The molecule has 7 heteroatoms. The molecule has 0 amide bonds. The largest absolute Gasteiger partial charge is 0.298 e. The number of carbonyl (C=O) groups excluding carboxylic acids is 1. The first-order valence-corrected chi connectivity index (χ1v) is 4.73. The van der Waals surface area contributed by atoms with E-state index in [2.05, 4.69) is 15.0 Å². The lowest BCUT2D eigenvalue weighted by molar-refractivity contribution is 0.112. The van der Waals surface area contributed by atoms with Gasteiger partial charge in [0.1, 0.15) is 12.0 Å². The van der Waals surface area contributed by atoms with E-state index in [1.807, 2.05) is 0 Å². The van der Waals surface area contributed by atoms with Gasteiger partial charge in [0.15, 0.2) is 6.29 Å². The highest BCUT2D eigenvalue weighted by molar-refractivity contribution is 5.73. The first-order valence-electron chi connectivity index (χ1n) is 4.73. The molecule has 0 fully saturated rings. The number of alkyl halides is 2. The highest BCUT2D eigenvalue weighted by Gasteiger charge is 2.19. The van der Waals surface area contributed by atoms with Crippen molar-refractivity contribution in [2.24, 2.45) is 0 Å². The van der Waals surface area contributed by atoms with Gasteiger partial charge in [-0.05, 0) is 6.92 Å². The van der Waals surface area contributed by atoms with E-state index >= 15 is 0 Å². The molecule has 0 aliphatic rings. The second kappa shape index (κ2) is 4.36. The van der Waals surface area contributed by atoms with Crippen molar-refractivity contribution in [1.82, 2.24) is 19.5 Å². The molecule has 0 unspecified atom stereocenters. The first kappa shape index (κ1) is 11.3. The maximum atomic E-state index is 12.8. The number of rotatable bonds is 3. The number of carbonyl (C=O) groups is 1. The zero-order valence-electron chi connectivity index (χ0n) is 8.84. The average Bonchev–Trinajstić information content (AvgIpc) is 2.71. The Hall–Kier alpha value is -2.18. The molecule has 0 aliphatic heterocycles. The van der Waals surface area contributed by atoms with E-state index in [1.165, 1.54) is 25.6 Å². The quantitative estimate of drug-likeness (QED) is 0.764. The van der Waals surface area contributed by atoms with Crippen molar-refractivity contribution in [1.29, 1.82) is 0 Å². The monoisotopic (exact) mass is 238 g/mol. The average molecular weight is 238 g/mol. The van der Waals surface area contributed by atoms with Crippen LogP contribution >= 0.6 is 0 Å².